The molecule has 0 aliphatic heterocycles. The lowest BCUT2D eigenvalue weighted by Crippen LogP contribution is -2.52. The molecule has 3 rings (SSSR count). The van der Waals surface area contributed by atoms with E-state index in [2.05, 4.69) is 0 Å². The number of carbonyl (C=O) groups is 3. The van der Waals surface area contributed by atoms with Gasteiger partial charge in [-0.05, 0) is 42.7 Å². The van der Waals surface area contributed by atoms with Crippen LogP contribution in [0.4, 0.5) is 26.3 Å². The van der Waals surface area contributed by atoms with Crippen LogP contribution in [-0.2, 0) is 44.5 Å². The van der Waals surface area contributed by atoms with Crippen molar-refractivity contribution in [2.45, 2.75) is 69.7 Å². The molecule has 0 N–H and O–H groups in total. The van der Waals surface area contributed by atoms with Gasteiger partial charge in [0.15, 0.2) is 5.78 Å². The number of rotatable bonds is 12. The number of hydrogen-bond donors (Lipinski definition) is 0. The average Bonchev–Trinajstić information content (AvgIpc) is 2.96. The number of alkyl halides is 6. The average molecular weight is 659 g/mol. The lowest BCUT2D eigenvalue weighted by Gasteiger charge is -2.39. The predicted molar refractivity (Wildman–Crippen MR) is 153 cm³/mol. The third-order valence-corrected chi connectivity index (χ3v) is 8.25. The van der Waals surface area contributed by atoms with Crippen molar-refractivity contribution in [2.75, 3.05) is 20.8 Å². The summed E-state index contributed by atoms with van der Waals surface area (Å²) < 4.78 is 106. The predicted octanol–water partition coefficient (Wildman–Crippen LogP) is 6.99. The van der Waals surface area contributed by atoms with E-state index >= 15 is 0 Å². The smallest absolute Gasteiger partial charge is 0.432 e. The highest BCUT2D eigenvalue weighted by Crippen LogP contribution is 2.46. The number of methoxy groups -OCH3 is 2. The number of hydrogen-bond acceptors (Lipinski definition) is 7. The van der Waals surface area contributed by atoms with Gasteiger partial charge in [-0.15, -0.1) is 0 Å². The lowest BCUT2D eigenvalue weighted by molar-refractivity contribution is -0.278. The number of halogens is 6. The topological polar surface area (TPSA) is 88.1 Å². The molecule has 0 heterocycles. The molecule has 0 radical (unpaired) electrons. The molecule has 0 saturated heterocycles. The van der Waals surface area contributed by atoms with Gasteiger partial charge in [-0.25, -0.2) is 9.59 Å². The van der Waals surface area contributed by atoms with Crippen molar-refractivity contribution < 1.29 is 59.7 Å². The molecule has 0 unspecified atom stereocenters. The van der Waals surface area contributed by atoms with Gasteiger partial charge in [0, 0.05) is 31.8 Å². The zero-order chi connectivity index (χ0) is 34.6. The summed E-state index contributed by atoms with van der Waals surface area (Å²) in [5.74, 6) is -4.34. The van der Waals surface area contributed by atoms with Gasteiger partial charge in [-0.3, -0.25) is 4.79 Å². The maximum Gasteiger partial charge on any atom is 0.432 e. The van der Waals surface area contributed by atoms with Crippen molar-refractivity contribution in [3.63, 3.8) is 0 Å². The van der Waals surface area contributed by atoms with Gasteiger partial charge in [-0.1, -0.05) is 74.5 Å². The standard InChI is InChI=1S/C33H36F6O7/c1-21(46-28(42)31(44-5,33(37,38)39)24-14-10-7-11-15-24)16-17-26-22(18-25(40)19-29(26,2)3)20-45-27(41)30(43-4,32(34,35)36)23-12-8-6-9-13-23/h6-15,18,21,26H,16-17,19-20H2,1-5H3/t21-,26-,30-,31-/m0/s1. The molecule has 0 spiro atoms. The second kappa shape index (κ2) is 14.0. The molecule has 4 atom stereocenters. The molecule has 0 fully saturated rings. The van der Waals surface area contributed by atoms with Crippen molar-refractivity contribution in [2.24, 2.45) is 11.3 Å². The first-order valence-electron chi connectivity index (χ1n) is 14.3. The minimum atomic E-state index is -5.21. The minimum absolute atomic E-state index is 0.000327. The van der Waals surface area contributed by atoms with Crippen LogP contribution >= 0.6 is 0 Å². The van der Waals surface area contributed by atoms with E-state index in [-0.39, 0.29) is 30.6 Å². The van der Waals surface area contributed by atoms with Crippen LogP contribution in [0.25, 0.3) is 0 Å². The summed E-state index contributed by atoms with van der Waals surface area (Å²) in [5.41, 5.74) is -8.37. The maximum atomic E-state index is 14.3. The number of ether oxygens (including phenoxy) is 4. The molecular formula is C33H36F6O7. The second-order valence-electron chi connectivity index (χ2n) is 11.8. The van der Waals surface area contributed by atoms with Gasteiger partial charge in [0.25, 0.3) is 11.2 Å². The second-order valence-corrected chi connectivity index (χ2v) is 11.8. The number of ketones is 1. The van der Waals surface area contributed by atoms with E-state index in [9.17, 15) is 40.7 Å². The normalized spacial score (nSPS) is 20.1. The molecule has 0 saturated carbocycles. The number of esters is 2. The molecule has 2 aromatic carbocycles. The van der Waals surface area contributed by atoms with Crippen LogP contribution in [0.3, 0.4) is 0 Å². The van der Waals surface area contributed by atoms with Crippen LogP contribution in [0, 0.1) is 11.3 Å². The summed E-state index contributed by atoms with van der Waals surface area (Å²) in [6.45, 7) is 4.17. The quantitative estimate of drug-likeness (QED) is 0.180. The molecule has 46 heavy (non-hydrogen) atoms. The Hall–Kier alpha value is -3.71. The van der Waals surface area contributed by atoms with Crippen molar-refractivity contribution in [1.29, 1.82) is 0 Å². The molecule has 0 amide bonds. The summed E-state index contributed by atoms with van der Waals surface area (Å²) in [7, 11) is 1.48. The van der Waals surface area contributed by atoms with Crippen molar-refractivity contribution in [3.05, 3.63) is 83.4 Å². The van der Waals surface area contributed by atoms with E-state index < -0.39 is 70.7 Å². The van der Waals surface area contributed by atoms with Gasteiger partial charge >= 0.3 is 24.3 Å². The Morgan fingerprint density at radius 2 is 1.28 bits per heavy atom. The first kappa shape index (κ1) is 36.8. The summed E-state index contributed by atoms with van der Waals surface area (Å²) >= 11 is 0. The Bertz CT molecular complexity index is 1410. The van der Waals surface area contributed by atoms with Crippen LogP contribution in [0.2, 0.25) is 0 Å². The summed E-state index contributed by atoms with van der Waals surface area (Å²) in [5, 5.41) is 0. The largest absolute Gasteiger partial charge is 0.460 e. The third-order valence-electron chi connectivity index (χ3n) is 8.25. The molecule has 13 heteroatoms. The van der Waals surface area contributed by atoms with Crippen LogP contribution in [-0.4, -0.2) is 57.0 Å². The molecular weight excluding hydrogens is 622 g/mol. The fourth-order valence-electron chi connectivity index (χ4n) is 5.90. The molecule has 7 nitrogen and oxygen atoms in total. The number of carbonyl (C=O) groups excluding carboxylic acids is 3. The SMILES string of the molecule is CO[C@](C(=O)OCC1=CC(=O)CC(C)(C)[C@H]1CC[C@H](C)OC(=O)[C@@](OC)(c1ccccc1)C(F)(F)F)(c1ccccc1)C(F)(F)F. The Morgan fingerprint density at radius 1 is 0.826 bits per heavy atom. The molecule has 1 aliphatic carbocycles. The number of benzene rings is 2. The summed E-state index contributed by atoms with van der Waals surface area (Å²) in [4.78, 5) is 38.7. The number of allylic oxidation sites excluding steroid dienone is 1. The van der Waals surface area contributed by atoms with Gasteiger partial charge in [0.1, 0.15) is 6.61 Å². The van der Waals surface area contributed by atoms with Gasteiger partial charge in [-0.2, -0.15) is 26.3 Å². The highest BCUT2D eigenvalue weighted by molar-refractivity contribution is 5.92. The van der Waals surface area contributed by atoms with E-state index in [1.165, 1.54) is 49.4 Å². The van der Waals surface area contributed by atoms with E-state index in [4.69, 9.17) is 18.9 Å². The van der Waals surface area contributed by atoms with Crippen LogP contribution in [0.5, 0.6) is 0 Å². The van der Waals surface area contributed by atoms with Gasteiger partial charge in [0.2, 0.25) is 0 Å². The fraction of sp³-hybridized carbons (Fsp3) is 0.485. The zero-order valence-electron chi connectivity index (χ0n) is 26.0. The van der Waals surface area contributed by atoms with Gasteiger partial charge < -0.3 is 18.9 Å². The fourth-order valence-corrected chi connectivity index (χ4v) is 5.90. The molecule has 1 aliphatic rings. The zero-order valence-corrected chi connectivity index (χ0v) is 26.0. The highest BCUT2D eigenvalue weighted by atomic mass is 19.4. The van der Waals surface area contributed by atoms with Crippen molar-refractivity contribution in [3.8, 4) is 0 Å². The van der Waals surface area contributed by atoms with E-state index in [0.717, 1.165) is 38.5 Å². The Morgan fingerprint density at radius 3 is 1.72 bits per heavy atom. The van der Waals surface area contributed by atoms with Crippen LogP contribution in [0.15, 0.2) is 72.3 Å². The Labute approximate surface area is 262 Å². The van der Waals surface area contributed by atoms with Crippen LogP contribution < -0.4 is 0 Å². The molecule has 0 aromatic heterocycles. The lowest BCUT2D eigenvalue weighted by atomic mass is 9.66. The molecule has 0 bridgehead atoms. The minimum Gasteiger partial charge on any atom is -0.460 e. The monoisotopic (exact) mass is 658 g/mol. The molecule has 2 aromatic rings. The van der Waals surface area contributed by atoms with E-state index in [1.54, 1.807) is 13.8 Å². The van der Waals surface area contributed by atoms with Crippen molar-refractivity contribution in [1.82, 2.24) is 0 Å². The summed E-state index contributed by atoms with van der Waals surface area (Å²) in [6.07, 6.45) is -10.1. The Balaban J connectivity index is 1.81. The first-order valence-corrected chi connectivity index (χ1v) is 14.3. The van der Waals surface area contributed by atoms with Crippen LogP contribution in [0.1, 0.15) is 51.2 Å². The Kier molecular flexibility index (Phi) is 11.2. The first-order chi connectivity index (χ1) is 21.4. The summed E-state index contributed by atoms with van der Waals surface area (Å²) in [6, 6.07) is 12.5. The maximum absolute atomic E-state index is 14.3. The highest BCUT2D eigenvalue weighted by Gasteiger charge is 2.65. The van der Waals surface area contributed by atoms with E-state index in [0.29, 0.717) is 0 Å². The molecule has 252 valence electrons. The van der Waals surface area contributed by atoms with Crippen molar-refractivity contribution >= 4 is 17.7 Å². The van der Waals surface area contributed by atoms with Gasteiger partial charge in [0.05, 0.1) is 6.10 Å². The van der Waals surface area contributed by atoms with E-state index in [1.807, 2.05) is 0 Å². The third kappa shape index (κ3) is 7.15.